The van der Waals surface area contributed by atoms with Gasteiger partial charge in [-0.1, -0.05) is 35.3 Å². The summed E-state index contributed by atoms with van der Waals surface area (Å²) in [6, 6.07) is 7.21. The fraction of sp³-hybridized carbons (Fsp3) is 0.222. The molecule has 0 aromatic heterocycles. The third-order valence-corrected chi connectivity index (χ3v) is 4.92. The molecule has 146 valence electrons. The standard InChI is InChI=1S/C18H15Cl2N3O5/c19-10-6-12(20)17-13(7-10)21-15(18(25)26)8-14(17)22-16(24)5-9-1-3-11(4-2-9)23(27)28/h1-4,6-7,14-15,21H,5,8H2,(H,22,24)(H,25,26)/t14-,15+/m1/s1. The van der Waals surface area contributed by atoms with Crippen LogP contribution < -0.4 is 10.6 Å². The Morgan fingerprint density at radius 2 is 1.93 bits per heavy atom. The van der Waals surface area contributed by atoms with Gasteiger partial charge in [0.25, 0.3) is 5.69 Å². The molecular formula is C18H15Cl2N3O5. The van der Waals surface area contributed by atoms with Gasteiger partial charge in [-0.15, -0.1) is 0 Å². The molecule has 3 N–H and O–H groups in total. The van der Waals surface area contributed by atoms with Gasteiger partial charge in [0.15, 0.2) is 0 Å². The van der Waals surface area contributed by atoms with E-state index in [0.717, 1.165) is 0 Å². The molecule has 2 atom stereocenters. The van der Waals surface area contributed by atoms with Gasteiger partial charge in [0, 0.05) is 39.8 Å². The summed E-state index contributed by atoms with van der Waals surface area (Å²) in [5, 5.41) is 26.4. The van der Waals surface area contributed by atoms with Crippen LogP contribution in [0.5, 0.6) is 0 Å². The lowest BCUT2D eigenvalue weighted by Crippen LogP contribution is -2.41. The molecule has 0 saturated heterocycles. The lowest BCUT2D eigenvalue weighted by Gasteiger charge is -2.32. The summed E-state index contributed by atoms with van der Waals surface area (Å²) < 4.78 is 0. The molecule has 1 amide bonds. The van der Waals surface area contributed by atoms with Gasteiger partial charge in [-0.2, -0.15) is 0 Å². The molecule has 0 radical (unpaired) electrons. The number of carboxylic acid groups (broad SMARTS) is 1. The molecular weight excluding hydrogens is 409 g/mol. The maximum absolute atomic E-state index is 12.5. The Kier molecular flexibility index (Phi) is 5.71. The summed E-state index contributed by atoms with van der Waals surface area (Å²) in [4.78, 5) is 34.1. The Labute approximate surface area is 169 Å². The summed E-state index contributed by atoms with van der Waals surface area (Å²) >= 11 is 12.3. The number of carboxylic acids is 1. The Hall–Kier alpha value is -2.84. The number of nitrogens with one attached hydrogen (secondary N) is 2. The van der Waals surface area contributed by atoms with E-state index >= 15 is 0 Å². The van der Waals surface area contributed by atoms with Crippen LogP contribution in [0.15, 0.2) is 36.4 Å². The van der Waals surface area contributed by atoms with Crippen molar-refractivity contribution >= 4 is 46.5 Å². The Balaban J connectivity index is 1.79. The molecule has 0 aliphatic carbocycles. The fourth-order valence-electron chi connectivity index (χ4n) is 3.12. The first kappa shape index (κ1) is 19.9. The Morgan fingerprint density at radius 1 is 1.25 bits per heavy atom. The monoisotopic (exact) mass is 423 g/mol. The smallest absolute Gasteiger partial charge is 0.326 e. The molecule has 2 aromatic carbocycles. The van der Waals surface area contributed by atoms with Gasteiger partial charge in [0.1, 0.15) is 6.04 Å². The molecule has 0 spiro atoms. The van der Waals surface area contributed by atoms with Crippen LogP contribution in [-0.4, -0.2) is 27.9 Å². The van der Waals surface area contributed by atoms with Gasteiger partial charge in [-0.3, -0.25) is 14.9 Å². The number of hydrogen-bond donors (Lipinski definition) is 3. The van der Waals surface area contributed by atoms with E-state index in [1.54, 1.807) is 6.07 Å². The number of non-ortho nitro benzene ring substituents is 1. The van der Waals surface area contributed by atoms with Gasteiger partial charge in [-0.05, 0) is 17.7 Å². The number of aliphatic carboxylic acids is 1. The molecule has 28 heavy (non-hydrogen) atoms. The number of nitro benzene ring substituents is 1. The maximum Gasteiger partial charge on any atom is 0.326 e. The molecule has 3 rings (SSSR count). The van der Waals surface area contributed by atoms with Crippen LogP contribution in [0.4, 0.5) is 11.4 Å². The van der Waals surface area contributed by atoms with Crippen molar-refractivity contribution < 1.29 is 19.6 Å². The van der Waals surface area contributed by atoms with Crippen LogP contribution in [0, 0.1) is 10.1 Å². The zero-order valence-electron chi connectivity index (χ0n) is 14.3. The Bertz CT molecular complexity index is 949. The quantitative estimate of drug-likeness (QED) is 0.499. The highest BCUT2D eigenvalue weighted by Crippen LogP contribution is 2.39. The number of nitro groups is 1. The second-order valence-electron chi connectivity index (χ2n) is 6.34. The van der Waals surface area contributed by atoms with Crippen LogP contribution in [0.25, 0.3) is 0 Å². The number of hydrogen-bond acceptors (Lipinski definition) is 5. The first-order chi connectivity index (χ1) is 13.2. The summed E-state index contributed by atoms with van der Waals surface area (Å²) in [7, 11) is 0. The lowest BCUT2D eigenvalue weighted by atomic mass is 9.92. The zero-order chi connectivity index (χ0) is 20.4. The molecule has 0 saturated carbocycles. The summed E-state index contributed by atoms with van der Waals surface area (Å²) in [6.45, 7) is 0. The predicted molar refractivity (Wildman–Crippen MR) is 104 cm³/mol. The normalized spacial score (nSPS) is 17.9. The number of nitrogens with zero attached hydrogens (tertiary/aromatic N) is 1. The zero-order valence-corrected chi connectivity index (χ0v) is 15.8. The van der Waals surface area contributed by atoms with E-state index in [9.17, 15) is 24.8 Å². The number of benzene rings is 2. The van der Waals surface area contributed by atoms with Crippen molar-refractivity contribution in [2.75, 3.05) is 5.32 Å². The number of amides is 1. The second-order valence-corrected chi connectivity index (χ2v) is 7.18. The molecule has 0 fully saturated rings. The first-order valence-electron chi connectivity index (χ1n) is 8.25. The van der Waals surface area contributed by atoms with Crippen LogP contribution in [0.1, 0.15) is 23.6 Å². The van der Waals surface area contributed by atoms with Gasteiger partial charge < -0.3 is 15.7 Å². The van der Waals surface area contributed by atoms with Gasteiger partial charge in [0.2, 0.25) is 5.91 Å². The van der Waals surface area contributed by atoms with Crippen molar-refractivity contribution in [3.8, 4) is 0 Å². The number of rotatable bonds is 5. The van der Waals surface area contributed by atoms with E-state index in [2.05, 4.69) is 10.6 Å². The molecule has 1 aliphatic rings. The predicted octanol–water partition coefficient (Wildman–Crippen LogP) is 3.57. The fourth-order valence-corrected chi connectivity index (χ4v) is 3.74. The average Bonchev–Trinajstić information content (AvgIpc) is 2.61. The second kappa shape index (κ2) is 8.04. The third-order valence-electron chi connectivity index (χ3n) is 4.39. The van der Waals surface area contributed by atoms with Crippen molar-refractivity contribution in [1.82, 2.24) is 5.32 Å². The van der Waals surface area contributed by atoms with Gasteiger partial charge >= 0.3 is 5.97 Å². The van der Waals surface area contributed by atoms with Crippen LogP contribution in [-0.2, 0) is 16.0 Å². The van der Waals surface area contributed by atoms with Crippen molar-refractivity contribution in [1.29, 1.82) is 0 Å². The highest BCUT2D eigenvalue weighted by atomic mass is 35.5. The number of carbonyl (C=O) groups is 2. The summed E-state index contributed by atoms with van der Waals surface area (Å²) in [5.41, 5.74) is 1.55. The minimum atomic E-state index is -1.06. The van der Waals surface area contributed by atoms with Crippen molar-refractivity contribution in [2.45, 2.75) is 24.9 Å². The largest absolute Gasteiger partial charge is 0.480 e. The number of anilines is 1. The molecule has 10 heteroatoms. The van der Waals surface area contributed by atoms with Crippen molar-refractivity contribution in [3.05, 3.63) is 67.7 Å². The van der Waals surface area contributed by atoms with Crippen molar-refractivity contribution in [3.63, 3.8) is 0 Å². The van der Waals surface area contributed by atoms with E-state index in [1.807, 2.05) is 0 Å². The van der Waals surface area contributed by atoms with E-state index in [-0.39, 0.29) is 24.4 Å². The maximum atomic E-state index is 12.5. The van der Waals surface area contributed by atoms with Crippen LogP contribution >= 0.6 is 23.2 Å². The topological polar surface area (TPSA) is 122 Å². The highest BCUT2D eigenvalue weighted by molar-refractivity contribution is 6.35. The van der Waals surface area contributed by atoms with Crippen LogP contribution in [0.2, 0.25) is 10.0 Å². The van der Waals surface area contributed by atoms with Gasteiger partial charge in [0.05, 0.1) is 17.4 Å². The van der Waals surface area contributed by atoms with Crippen LogP contribution in [0.3, 0.4) is 0 Å². The molecule has 1 aliphatic heterocycles. The SMILES string of the molecule is O=C(Cc1ccc([N+](=O)[O-])cc1)N[C@@H]1C[C@@H](C(=O)O)Nc2cc(Cl)cc(Cl)c21. The molecule has 0 unspecified atom stereocenters. The molecule has 8 nitrogen and oxygen atoms in total. The Morgan fingerprint density at radius 3 is 2.54 bits per heavy atom. The average molecular weight is 424 g/mol. The first-order valence-corrected chi connectivity index (χ1v) is 9.01. The molecule has 2 aromatic rings. The van der Waals surface area contributed by atoms with Crippen molar-refractivity contribution in [2.24, 2.45) is 0 Å². The lowest BCUT2D eigenvalue weighted by molar-refractivity contribution is -0.384. The van der Waals surface area contributed by atoms with E-state index in [4.69, 9.17) is 23.2 Å². The van der Waals surface area contributed by atoms with Gasteiger partial charge in [-0.25, -0.2) is 4.79 Å². The minimum absolute atomic E-state index is 0.0137. The highest BCUT2D eigenvalue weighted by Gasteiger charge is 2.33. The number of fused-ring (bicyclic) bond motifs is 1. The summed E-state index contributed by atoms with van der Waals surface area (Å²) in [6.07, 6.45) is 0.0931. The minimum Gasteiger partial charge on any atom is -0.480 e. The molecule has 1 heterocycles. The third kappa shape index (κ3) is 4.35. The number of halogens is 2. The number of carbonyl (C=O) groups excluding carboxylic acids is 1. The molecule has 0 bridgehead atoms. The van der Waals surface area contributed by atoms with E-state index in [0.29, 0.717) is 26.9 Å². The summed E-state index contributed by atoms with van der Waals surface area (Å²) in [5.74, 6) is -1.42. The van der Waals surface area contributed by atoms with E-state index in [1.165, 1.54) is 30.3 Å². The van der Waals surface area contributed by atoms with E-state index < -0.39 is 23.0 Å².